The predicted octanol–water partition coefficient (Wildman–Crippen LogP) is 3.04. The molecule has 1 amide bonds. The van der Waals surface area contributed by atoms with E-state index in [9.17, 15) is 4.79 Å². The van der Waals surface area contributed by atoms with Crippen LogP contribution in [0.5, 0.6) is 0 Å². The maximum atomic E-state index is 12.8. The highest BCUT2D eigenvalue weighted by Crippen LogP contribution is 2.27. The van der Waals surface area contributed by atoms with Crippen molar-refractivity contribution >= 4 is 16.9 Å². The van der Waals surface area contributed by atoms with E-state index in [1.54, 1.807) is 9.58 Å². The first-order chi connectivity index (χ1) is 11.0. The van der Waals surface area contributed by atoms with Gasteiger partial charge in [-0.05, 0) is 19.9 Å². The van der Waals surface area contributed by atoms with Crippen LogP contribution in [0.25, 0.3) is 22.3 Å². The van der Waals surface area contributed by atoms with E-state index < -0.39 is 0 Å². The van der Waals surface area contributed by atoms with Gasteiger partial charge in [-0.25, -0.2) is 4.98 Å². The number of hydrogen-bond acceptors (Lipinski definition) is 3. The Hall–Kier alpha value is -2.69. The molecule has 0 saturated carbocycles. The molecule has 0 fully saturated rings. The van der Waals surface area contributed by atoms with Crippen LogP contribution < -0.4 is 0 Å². The molecule has 2 heterocycles. The molecule has 0 unspecified atom stereocenters. The second-order valence-corrected chi connectivity index (χ2v) is 5.65. The van der Waals surface area contributed by atoms with Crippen molar-refractivity contribution in [1.29, 1.82) is 0 Å². The van der Waals surface area contributed by atoms with Crippen LogP contribution in [-0.2, 0) is 7.05 Å². The molecule has 3 aromatic rings. The maximum absolute atomic E-state index is 12.8. The maximum Gasteiger partial charge on any atom is 0.254 e. The van der Waals surface area contributed by atoms with Crippen LogP contribution in [0.3, 0.4) is 0 Å². The molecule has 5 nitrogen and oxygen atoms in total. The number of rotatable bonds is 3. The molecule has 3 rings (SSSR count). The van der Waals surface area contributed by atoms with Crippen LogP contribution in [0.4, 0.5) is 0 Å². The van der Waals surface area contributed by atoms with E-state index >= 15 is 0 Å². The highest BCUT2D eigenvalue weighted by atomic mass is 16.2. The number of carbonyl (C=O) groups is 1. The molecule has 0 bridgehead atoms. The van der Waals surface area contributed by atoms with Crippen LogP contribution in [0, 0.1) is 6.92 Å². The van der Waals surface area contributed by atoms with Gasteiger partial charge in [0.2, 0.25) is 0 Å². The van der Waals surface area contributed by atoms with E-state index in [0.717, 1.165) is 28.0 Å². The summed E-state index contributed by atoms with van der Waals surface area (Å²) in [6, 6.07) is 11.8. The van der Waals surface area contributed by atoms with Gasteiger partial charge in [-0.3, -0.25) is 9.48 Å². The molecule has 0 N–H and O–H groups in total. The largest absolute Gasteiger partial charge is 0.342 e. The minimum Gasteiger partial charge on any atom is -0.342 e. The molecule has 1 aromatic carbocycles. The molecule has 5 heteroatoms. The van der Waals surface area contributed by atoms with Crippen molar-refractivity contribution in [3.05, 3.63) is 47.7 Å². The van der Waals surface area contributed by atoms with E-state index in [2.05, 4.69) is 5.10 Å². The number of aromatic nitrogens is 3. The lowest BCUT2D eigenvalue weighted by Crippen LogP contribution is -2.26. The zero-order chi connectivity index (χ0) is 16.6. The van der Waals surface area contributed by atoms with Crippen molar-refractivity contribution in [1.82, 2.24) is 19.7 Å². The van der Waals surface area contributed by atoms with Gasteiger partial charge in [0.1, 0.15) is 0 Å². The summed E-state index contributed by atoms with van der Waals surface area (Å²) in [4.78, 5) is 19.2. The molecule has 0 aliphatic heterocycles. The Labute approximate surface area is 135 Å². The fourth-order valence-corrected chi connectivity index (χ4v) is 2.72. The number of carbonyl (C=O) groups excluding carboxylic acids is 1. The molecule has 0 saturated heterocycles. The Morgan fingerprint density at radius 3 is 2.61 bits per heavy atom. The van der Waals surface area contributed by atoms with Gasteiger partial charge in [0, 0.05) is 26.2 Å². The zero-order valence-electron chi connectivity index (χ0n) is 13.9. The van der Waals surface area contributed by atoms with Gasteiger partial charge >= 0.3 is 0 Å². The standard InChI is InChI=1S/C18H20N4O/c1-5-21(3)18(23)14-11-15(13-9-7-6-8-10-13)19-17-16(14)12(2)20-22(17)4/h6-11H,5H2,1-4H3. The Morgan fingerprint density at radius 2 is 1.96 bits per heavy atom. The van der Waals surface area contributed by atoms with Crippen molar-refractivity contribution in [2.45, 2.75) is 13.8 Å². The first-order valence-corrected chi connectivity index (χ1v) is 7.68. The second-order valence-electron chi connectivity index (χ2n) is 5.65. The summed E-state index contributed by atoms with van der Waals surface area (Å²) in [6.07, 6.45) is 0. The second kappa shape index (κ2) is 5.83. The Kier molecular flexibility index (Phi) is 3.86. The van der Waals surface area contributed by atoms with E-state index in [4.69, 9.17) is 4.98 Å². The Morgan fingerprint density at radius 1 is 1.26 bits per heavy atom. The summed E-state index contributed by atoms with van der Waals surface area (Å²) in [5.41, 5.74) is 3.98. The number of aryl methyl sites for hydroxylation is 2. The molecular formula is C18H20N4O. The minimum atomic E-state index is -0.00631. The van der Waals surface area contributed by atoms with Crippen molar-refractivity contribution < 1.29 is 4.79 Å². The summed E-state index contributed by atoms with van der Waals surface area (Å²) in [5, 5.41) is 5.27. The summed E-state index contributed by atoms with van der Waals surface area (Å²) >= 11 is 0. The summed E-state index contributed by atoms with van der Waals surface area (Å²) in [7, 11) is 3.66. The number of hydrogen-bond donors (Lipinski definition) is 0. The van der Waals surface area contributed by atoms with Crippen molar-refractivity contribution in [3.8, 4) is 11.3 Å². The van der Waals surface area contributed by atoms with E-state index in [-0.39, 0.29) is 5.91 Å². The molecule has 0 aliphatic carbocycles. The van der Waals surface area contributed by atoms with Gasteiger partial charge in [-0.2, -0.15) is 5.10 Å². The molecule has 118 valence electrons. The van der Waals surface area contributed by atoms with Crippen LogP contribution in [-0.4, -0.2) is 39.2 Å². The quantitative estimate of drug-likeness (QED) is 0.747. The van der Waals surface area contributed by atoms with E-state index in [1.165, 1.54) is 0 Å². The van der Waals surface area contributed by atoms with Gasteiger partial charge in [-0.15, -0.1) is 0 Å². The van der Waals surface area contributed by atoms with E-state index in [1.807, 2.05) is 64.3 Å². The van der Waals surface area contributed by atoms with Crippen LogP contribution in [0.2, 0.25) is 0 Å². The van der Waals surface area contributed by atoms with Crippen molar-refractivity contribution in [2.75, 3.05) is 13.6 Å². The SMILES string of the molecule is CCN(C)C(=O)c1cc(-c2ccccc2)nc2c1c(C)nn2C. The topological polar surface area (TPSA) is 51.0 Å². The highest BCUT2D eigenvalue weighted by Gasteiger charge is 2.20. The summed E-state index contributed by atoms with van der Waals surface area (Å²) in [5.74, 6) is -0.00631. The van der Waals surface area contributed by atoms with Gasteiger partial charge in [0.25, 0.3) is 5.91 Å². The lowest BCUT2D eigenvalue weighted by molar-refractivity contribution is 0.0804. The number of pyridine rings is 1. The first-order valence-electron chi connectivity index (χ1n) is 7.68. The fraction of sp³-hybridized carbons (Fsp3) is 0.278. The average molecular weight is 308 g/mol. The molecule has 0 aliphatic rings. The van der Waals surface area contributed by atoms with Gasteiger partial charge < -0.3 is 4.90 Å². The van der Waals surface area contributed by atoms with E-state index in [0.29, 0.717) is 12.1 Å². The monoisotopic (exact) mass is 308 g/mol. The third kappa shape index (κ3) is 2.59. The number of benzene rings is 1. The predicted molar refractivity (Wildman–Crippen MR) is 91.3 cm³/mol. The number of fused-ring (bicyclic) bond motifs is 1. The van der Waals surface area contributed by atoms with Gasteiger partial charge in [0.05, 0.1) is 22.3 Å². The van der Waals surface area contributed by atoms with Gasteiger partial charge in [0.15, 0.2) is 5.65 Å². The molecule has 2 aromatic heterocycles. The Bertz CT molecular complexity index is 868. The summed E-state index contributed by atoms with van der Waals surface area (Å²) < 4.78 is 1.74. The Balaban J connectivity index is 2.30. The third-order valence-corrected chi connectivity index (χ3v) is 4.09. The first kappa shape index (κ1) is 15.2. The molecule has 0 spiro atoms. The molecule has 23 heavy (non-hydrogen) atoms. The minimum absolute atomic E-state index is 0.00631. The summed E-state index contributed by atoms with van der Waals surface area (Å²) in [6.45, 7) is 4.53. The fourth-order valence-electron chi connectivity index (χ4n) is 2.72. The zero-order valence-corrected chi connectivity index (χ0v) is 13.9. The normalized spacial score (nSPS) is 11.0. The molecule has 0 atom stereocenters. The number of amides is 1. The average Bonchev–Trinajstić information content (AvgIpc) is 2.88. The molecule has 0 radical (unpaired) electrons. The van der Waals surface area contributed by atoms with Crippen molar-refractivity contribution in [2.24, 2.45) is 7.05 Å². The highest BCUT2D eigenvalue weighted by molar-refractivity contribution is 6.07. The lowest BCUT2D eigenvalue weighted by atomic mass is 10.0. The number of nitrogens with zero attached hydrogens (tertiary/aromatic N) is 4. The van der Waals surface area contributed by atoms with Crippen LogP contribution in [0.1, 0.15) is 23.0 Å². The van der Waals surface area contributed by atoms with Crippen LogP contribution in [0.15, 0.2) is 36.4 Å². The van der Waals surface area contributed by atoms with Crippen molar-refractivity contribution in [3.63, 3.8) is 0 Å². The van der Waals surface area contributed by atoms with Crippen LogP contribution >= 0.6 is 0 Å². The smallest absolute Gasteiger partial charge is 0.254 e. The van der Waals surface area contributed by atoms with Gasteiger partial charge in [-0.1, -0.05) is 30.3 Å². The third-order valence-electron chi connectivity index (χ3n) is 4.09. The lowest BCUT2D eigenvalue weighted by Gasteiger charge is -2.16. The molecular weight excluding hydrogens is 288 g/mol.